The van der Waals surface area contributed by atoms with Gasteiger partial charge in [-0.1, -0.05) is 0 Å². The summed E-state index contributed by atoms with van der Waals surface area (Å²) in [5.41, 5.74) is -1.12. The number of rotatable bonds is 7. The molecule has 2 aromatic rings. The minimum atomic E-state index is -4.56. The minimum Gasteiger partial charge on any atom is -0.484 e. The van der Waals surface area contributed by atoms with Gasteiger partial charge in [0.25, 0.3) is 5.91 Å². The zero-order chi connectivity index (χ0) is 25.1. The second-order valence-electron chi connectivity index (χ2n) is 9.76. The number of thiazole rings is 1. The number of ether oxygens (including phenoxy) is 2. The minimum absolute atomic E-state index is 0.241. The zero-order valence-corrected chi connectivity index (χ0v) is 19.9. The molecule has 2 aliphatic carbocycles. The Morgan fingerprint density at radius 3 is 2.40 bits per heavy atom. The van der Waals surface area contributed by atoms with E-state index < -0.39 is 47.2 Å². The summed E-state index contributed by atoms with van der Waals surface area (Å²) in [6.07, 6.45) is -3.50. The lowest BCUT2D eigenvalue weighted by Crippen LogP contribution is -2.61. The highest BCUT2D eigenvalue weighted by molar-refractivity contribution is 7.16. The van der Waals surface area contributed by atoms with Crippen LogP contribution in [0.2, 0.25) is 0 Å². The van der Waals surface area contributed by atoms with Crippen molar-refractivity contribution >= 4 is 28.1 Å². The van der Waals surface area contributed by atoms with E-state index >= 15 is 0 Å². The second kappa shape index (κ2) is 8.58. The number of nitrogens with zero attached hydrogens (tertiary/aromatic N) is 2. The third-order valence-electron chi connectivity index (χ3n) is 6.82. The molecule has 3 aliphatic rings. The average molecular weight is 518 g/mol. The van der Waals surface area contributed by atoms with Gasteiger partial charge in [-0.3, -0.25) is 4.79 Å². The van der Waals surface area contributed by atoms with Gasteiger partial charge in [-0.05, 0) is 38.0 Å². The maximum absolute atomic E-state index is 14.6. The van der Waals surface area contributed by atoms with Gasteiger partial charge >= 0.3 is 6.18 Å². The van der Waals surface area contributed by atoms with Gasteiger partial charge in [0.15, 0.2) is 22.5 Å². The second-order valence-corrected chi connectivity index (χ2v) is 10.8. The average Bonchev–Trinajstić information content (AvgIpc) is 3.14. The van der Waals surface area contributed by atoms with Crippen LogP contribution >= 0.6 is 11.3 Å². The molecule has 1 saturated heterocycles. The molecular weight excluding hydrogens is 493 g/mol. The van der Waals surface area contributed by atoms with Crippen molar-refractivity contribution in [3.63, 3.8) is 0 Å². The molecule has 12 heteroatoms. The van der Waals surface area contributed by atoms with E-state index in [1.54, 1.807) is 4.90 Å². The van der Waals surface area contributed by atoms with Crippen LogP contribution in [0.1, 0.15) is 41.6 Å². The normalized spacial score (nSPS) is 24.7. The van der Waals surface area contributed by atoms with Crippen LogP contribution in [0.15, 0.2) is 12.1 Å². The first-order chi connectivity index (χ1) is 16.4. The van der Waals surface area contributed by atoms with E-state index in [1.807, 2.05) is 6.92 Å². The van der Waals surface area contributed by atoms with Crippen LogP contribution in [0, 0.1) is 23.5 Å². The SMILES string of the molecule is COC1(C)CN(c2nc(C(=O)Nc3cc(F)c(OC4CC5C[C@H]5C4)c(F)c3)c(CC(F)(F)F)s2)C1. The highest BCUT2D eigenvalue weighted by atomic mass is 32.1. The maximum atomic E-state index is 14.6. The highest BCUT2D eigenvalue weighted by Gasteiger charge is 2.47. The van der Waals surface area contributed by atoms with Crippen LogP contribution in [0.25, 0.3) is 0 Å². The number of fused-ring (bicyclic) bond motifs is 1. The smallest absolute Gasteiger partial charge is 0.393 e. The first-order valence-electron chi connectivity index (χ1n) is 11.3. The molecule has 2 unspecified atom stereocenters. The Kier molecular flexibility index (Phi) is 5.94. The van der Waals surface area contributed by atoms with Gasteiger partial charge in [-0.25, -0.2) is 13.8 Å². The quantitative estimate of drug-likeness (QED) is 0.513. The Morgan fingerprint density at radius 2 is 1.83 bits per heavy atom. The summed E-state index contributed by atoms with van der Waals surface area (Å²) >= 11 is 0.761. The largest absolute Gasteiger partial charge is 0.484 e. The number of nitrogens with one attached hydrogen (secondary N) is 1. The molecule has 0 spiro atoms. The Morgan fingerprint density at radius 1 is 1.20 bits per heavy atom. The topological polar surface area (TPSA) is 63.7 Å². The van der Waals surface area contributed by atoms with Crippen molar-refractivity contribution in [2.75, 3.05) is 30.4 Å². The predicted octanol–water partition coefficient (Wildman–Crippen LogP) is 5.18. The molecule has 1 amide bonds. The predicted molar refractivity (Wildman–Crippen MR) is 119 cm³/mol. The Bertz CT molecular complexity index is 1110. The standard InChI is InChI=1S/C23H24F5N3O3S/c1-22(33-2)9-31(10-22)21-30-18(17(35-21)8-23(26,27)28)20(32)29-13-6-15(24)19(16(25)7-13)34-14-4-11-3-12(11)5-14/h6-7,11-12,14H,3-5,8-10H2,1-2H3,(H,29,32)/t11-,12?,14?/m0/s1. The summed E-state index contributed by atoms with van der Waals surface area (Å²) in [6.45, 7) is 2.67. The lowest BCUT2D eigenvalue weighted by Gasteiger charge is -2.46. The van der Waals surface area contributed by atoms with Gasteiger partial charge in [0.2, 0.25) is 0 Å². The fraction of sp³-hybridized carbons (Fsp3) is 0.565. The van der Waals surface area contributed by atoms with E-state index in [0.717, 1.165) is 42.7 Å². The van der Waals surface area contributed by atoms with Gasteiger partial charge in [0, 0.05) is 29.8 Å². The number of hydrogen-bond acceptors (Lipinski definition) is 6. The molecule has 1 aliphatic heterocycles. The van der Waals surface area contributed by atoms with E-state index in [2.05, 4.69) is 10.3 Å². The van der Waals surface area contributed by atoms with Gasteiger partial charge in [0.05, 0.1) is 31.2 Å². The summed E-state index contributed by atoms with van der Waals surface area (Å²) in [5.74, 6) is -2.34. The van der Waals surface area contributed by atoms with E-state index in [4.69, 9.17) is 9.47 Å². The van der Waals surface area contributed by atoms with Crippen LogP contribution < -0.4 is 15.0 Å². The number of carbonyl (C=O) groups is 1. The van der Waals surface area contributed by atoms with Crippen molar-refractivity contribution in [3.05, 3.63) is 34.3 Å². The van der Waals surface area contributed by atoms with Crippen molar-refractivity contribution in [2.24, 2.45) is 11.8 Å². The first kappa shape index (κ1) is 24.2. The number of amides is 1. The van der Waals surface area contributed by atoms with Crippen LogP contribution in [0.5, 0.6) is 5.75 Å². The highest BCUT2D eigenvalue weighted by Crippen LogP contribution is 2.52. The third kappa shape index (κ3) is 5.09. The number of anilines is 2. The van der Waals surface area contributed by atoms with E-state index in [0.29, 0.717) is 24.9 Å². The molecular formula is C23H24F5N3O3S. The molecule has 1 N–H and O–H groups in total. The molecule has 35 heavy (non-hydrogen) atoms. The molecule has 1 aromatic heterocycles. The Labute approximate surface area is 202 Å². The molecule has 2 heterocycles. The number of aromatic nitrogens is 1. The Hall–Kier alpha value is -2.47. The fourth-order valence-corrected chi connectivity index (χ4v) is 5.92. The lowest BCUT2D eigenvalue weighted by molar-refractivity contribution is -0.126. The van der Waals surface area contributed by atoms with Crippen LogP contribution in [0.4, 0.5) is 32.8 Å². The molecule has 190 valence electrons. The summed E-state index contributed by atoms with van der Waals surface area (Å²) in [7, 11) is 1.54. The number of benzene rings is 1. The zero-order valence-electron chi connectivity index (χ0n) is 19.0. The fourth-order valence-electron chi connectivity index (χ4n) is 4.84. The van der Waals surface area contributed by atoms with E-state index in [1.165, 1.54) is 7.11 Å². The van der Waals surface area contributed by atoms with Crippen LogP contribution in [0.3, 0.4) is 0 Å². The molecule has 1 aromatic carbocycles. The Balaban J connectivity index is 1.32. The van der Waals surface area contributed by atoms with Crippen LogP contribution in [-0.4, -0.2) is 49.0 Å². The maximum Gasteiger partial charge on any atom is 0.393 e. The van der Waals surface area contributed by atoms with E-state index in [-0.39, 0.29) is 21.8 Å². The molecule has 0 radical (unpaired) electrons. The monoisotopic (exact) mass is 517 g/mol. The van der Waals surface area contributed by atoms with Crippen molar-refractivity contribution in [1.29, 1.82) is 0 Å². The summed E-state index contributed by atoms with van der Waals surface area (Å²) < 4.78 is 79.5. The molecule has 6 nitrogen and oxygen atoms in total. The van der Waals surface area contributed by atoms with Gasteiger partial charge < -0.3 is 19.7 Å². The molecule has 3 fully saturated rings. The summed E-state index contributed by atoms with van der Waals surface area (Å²) in [4.78, 5) is 18.4. The van der Waals surface area contributed by atoms with Gasteiger partial charge in [-0.2, -0.15) is 13.2 Å². The summed E-state index contributed by atoms with van der Waals surface area (Å²) in [6, 6.07) is 1.78. The van der Waals surface area contributed by atoms with Crippen molar-refractivity contribution < 1.29 is 36.2 Å². The van der Waals surface area contributed by atoms with Crippen LogP contribution in [-0.2, 0) is 11.2 Å². The summed E-state index contributed by atoms with van der Waals surface area (Å²) in [5, 5.41) is 2.53. The number of alkyl halides is 3. The van der Waals surface area contributed by atoms with Gasteiger partial charge in [-0.15, -0.1) is 11.3 Å². The molecule has 2 saturated carbocycles. The number of halogens is 5. The van der Waals surface area contributed by atoms with Crippen molar-refractivity contribution in [2.45, 2.75) is 50.5 Å². The molecule has 0 bridgehead atoms. The molecule has 3 atom stereocenters. The van der Waals surface area contributed by atoms with Gasteiger partial charge in [0.1, 0.15) is 5.69 Å². The number of carbonyl (C=O) groups excluding carboxylic acids is 1. The lowest BCUT2D eigenvalue weighted by atomic mass is 9.97. The third-order valence-corrected chi connectivity index (χ3v) is 7.93. The number of methoxy groups -OCH3 is 1. The molecule has 5 rings (SSSR count). The van der Waals surface area contributed by atoms with E-state index in [9.17, 15) is 26.7 Å². The number of hydrogen-bond donors (Lipinski definition) is 1. The first-order valence-corrected chi connectivity index (χ1v) is 12.1. The van der Waals surface area contributed by atoms with Crippen molar-refractivity contribution in [3.8, 4) is 5.75 Å². The van der Waals surface area contributed by atoms with Crippen molar-refractivity contribution in [1.82, 2.24) is 4.98 Å².